The molecule has 3 atom stereocenters. The number of fused-ring (bicyclic) bond motifs is 2. The SMILES string of the molecule is CN(CCOCC1CC1)C1(CN)CCN2CCC1C2. The van der Waals surface area contributed by atoms with Crippen LogP contribution in [0.5, 0.6) is 0 Å². The van der Waals surface area contributed by atoms with Gasteiger partial charge in [-0.05, 0) is 57.7 Å². The molecule has 2 bridgehead atoms. The van der Waals surface area contributed by atoms with E-state index in [0.717, 1.165) is 38.1 Å². The van der Waals surface area contributed by atoms with Crippen LogP contribution >= 0.6 is 0 Å². The molecule has 3 rings (SSSR count). The summed E-state index contributed by atoms with van der Waals surface area (Å²) in [6.45, 7) is 7.42. The van der Waals surface area contributed by atoms with Gasteiger partial charge in [-0.1, -0.05) is 0 Å². The van der Waals surface area contributed by atoms with Crippen molar-refractivity contribution in [2.24, 2.45) is 17.6 Å². The third-order valence-electron chi connectivity index (χ3n) is 5.63. The minimum atomic E-state index is 0.232. The molecule has 0 aromatic carbocycles. The van der Waals surface area contributed by atoms with E-state index in [1.807, 2.05) is 0 Å². The van der Waals surface area contributed by atoms with Gasteiger partial charge in [0.05, 0.1) is 6.61 Å². The molecule has 2 heterocycles. The number of nitrogens with zero attached hydrogens (tertiary/aromatic N) is 2. The summed E-state index contributed by atoms with van der Waals surface area (Å²) in [5.41, 5.74) is 6.42. The van der Waals surface area contributed by atoms with Crippen LogP contribution in [0, 0.1) is 11.8 Å². The largest absolute Gasteiger partial charge is 0.380 e. The molecule has 0 aromatic rings. The molecule has 0 amide bonds. The number of nitrogens with two attached hydrogens (primary N) is 1. The summed E-state index contributed by atoms with van der Waals surface area (Å²) in [5.74, 6) is 1.63. The summed E-state index contributed by atoms with van der Waals surface area (Å²) >= 11 is 0. The van der Waals surface area contributed by atoms with Crippen LogP contribution in [0.25, 0.3) is 0 Å². The third-order valence-corrected chi connectivity index (χ3v) is 5.63. The van der Waals surface area contributed by atoms with Crippen molar-refractivity contribution in [1.29, 1.82) is 0 Å². The molecule has 3 aliphatic rings. The summed E-state index contributed by atoms with van der Waals surface area (Å²) in [5, 5.41) is 0. The van der Waals surface area contributed by atoms with Crippen LogP contribution in [-0.4, -0.2) is 68.3 Å². The number of hydrogen-bond acceptors (Lipinski definition) is 4. The van der Waals surface area contributed by atoms with Gasteiger partial charge >= 0.3 is 0 Å². The number of likely N-dealkylation sites (N-methyl/N-ethyl adjacent to an activating group) is 1. The van der Waals surface area contributed by atoms with E-state index < -0.39 is 0 Å². The Balaban J connectivity index is 1.51. The molecule has 4 nitrogen and oxygen atoms in total. The summed E-state index contributed by atoms with van der Waals surface area (Å²) in [6, 6.07) is 0. The zero-order chi connectivity index (χ0) is 13.3. The van der Waals surface area contributed by atoms with Crippen molar-refractivity contribution in [2.45, 2.75) is 31.2 Å². The lowest BCUT2D eigenvalue weighted by Gasteiger charge is -2.48. The van der Waals surface area contributed by atoms with E-state index >= 15 is 0 Å². The average molecular weight is 267 g/mol. The smallest absolute Gasteiger partial charge is 0.0593 e. The van der Waals surface area contributed by atoms with Gasteiger partial charge in [0.1, 0.15) is 0 Å². The normalized spacial score (nSPS) is 38.1. The van der Waals surface area contributed by atoms with E-state index in [4.69, 9.17) is 10.5 Å². The number of ether oxygens (including phenoxy) is 1. The molecule has 110 valence electrons. The second-order valence-corrected chi connectivity index (χ2v) is 6.78. The predicted molar refractivity (Wildman–Crippen MR) is 77.1 cm³/mol. The van der Waals surface area contributed by atoms with Gasteiger partial charge in [-0.25, -0.2) is 0 Å². The van der Waals surface area contributed by atoms with Crippen molar-refractivity contribution >= 4 is 0 Å². The highest BCUT2D eigenvalue weighted by molar-refractivity contribution is 5.04. The quantitative estimate of drug-likeness (QED) is 0.692. The molecule has 0 spiro atoms. The van der Waals surface area contributed by atoms with Crippen molar-refractivity contribution in [3.63, 3.8) is 0 Å². The van der Waals surface area contributed by atoms with Gasteiger partial charge in [-0.2, -0.15) is 0 Å². The van der Waals surface area contributed by atoms with Gasteiger partial charge in [0.25, 0.3) is 0 Å². The summed E-state index contributed by atoms with van der Waals surface area (Å²) in [4.78, 5) is 5.10. The number of rotatable bonds is 7. The minimum absolute atomic E-state index is 0.232. The van der Waals surface area contributed by atoms with Gasteiger partial charge in [0.15, 0.2) is 0 Å². The van der Waals surface area contributed by atoms with Gasteiger partial charge in [0, 0.05) is 31.8 Å². The highest BCUT2D eigenvalue weighted by Gasteiger charge is 2.47. The van der Waals surface area contributed by atoms with Crippen molar-refractivity contribution in [3.8, 4) is 0 Å². The van der Waals surface area contributed by atoms with E-state index in [1.54, 1.807) is 0 Å². The molecule has 3 unspecified atom stereocenters. The third kappa shape index (κ3) is 2.82. The van der Waals surface area contributed by atoms with E-state index in [9.17, 15) is 0 Å². The van der Waals surface area contributed by atoms with Crippen LogP contribution in [0.4, 0.5) is 0 Å². The molecule has 19 heavy (non-hydrogen) atoms. The highest BCUT2D eigenvalue weighted by atomic mass is 16.5. The maximum atomic E-state index is 6.19. The Labute approximate surface area is 117 Å². The maximum Gasteiger partial charge on any atom is 0.0593 e. The van der Waals surface area contributed by atoms with E-state index in [-0.39, 0.29) is 5.54 Å². The molecule has 2 saturated heterocycles. The van der Waals surface area contributed by atoms with Crippen molar-refractivity contribution in [2.75, 3.05) is 53.0 Å². The Kier molecular flexibility index (Phi) is 4.13. The molecule has 2 N–H and O–H groups in total. The lowest BCUT2D eigenvalue weighted by Crippen LogP contribution is -2.61. The molecule has 1 aliphatic carbocycles. The van der Waals surface area contributed by atoms with Crippen LogP contribution in [0.15, 0.2) is 0 Å². The van der Waals surface area contributed by atoms with E-state index in [0.29, 0.717) is 0 Å². The first-order valence-electron chi connectivity index (χ1n) is 7.96. The first-order valence-corrected chi connectivity index (χ1v) is 7.96. The zero-order valence-electron chi connectivity index (χ0n) is 12.3. The van der Waals surface area contributed by atoms with Crippen LogP contribution in [-0.2, 0) is 4.74 Å². The molecule has 0 radical (unpaired) electrons. The molecule has 1 saturated carbocycles. The van der Waals surface area contributed by atoms with Gasteiger partial charge in [-0.3, -0.25) is 4.90 Å². The fourth-order valence-corrected chi connectivity index (χ4v) is 3.92. The molecule has 3 fully saturated rings. The van der Waals surface area contributed by atoms with Gasteiger partial charge in [0.2, 0.25) is 0 Å². The Bertz CT molecular complexity index is 308. The zero-order valence-corrected chi connectivity index (χ0v) is 12.3. The minimum Gasteiger partial charge on any atom is -0.380 e. The second kappa shape index (κ2) is 5.68. The van der Waals surface area contributed by atoms with E-state index in [2.05, 4.69) is 16.8 Å². The van der Waals surface area contributed by atoms with Crippen molar-refractivity contribution < 1.29 is 4.74 Å². The topological polar surface area (TPSA) is 41.7 Å². The standard InChI is InChI=1S/C15H29N3O/c1-17(8-9-19-11-13-2-3-13)15(12-16)5-7-18-6-4-14(15)10-18/h13-14H,2-12,16H2,1H3. The monoisotopic (exact) mass is 267 g/mol. The first-order chi connectivity index (χ1) is 9.24. The summed E-state index contributed by atoms with van der Waals surface area (Å²) < 4.78 is 5.79. The van der Waals surface area contributed by atoms with Gasteiger partial charge in [-0.15, -0.1) is 0 Å². The van der Waals surface area contributed by atoms with Crippen LogP contribution in [0.3, 0.4) is 0 Å². The van der Waals surface area contributed by atoms with Crippen LogP contribution < -0.4 is 5.73 Å². The van der Waals surface area contributed by atoms with Gasteiger partial charge < -0.3 is 15.4 Å². The second-order valence-electron chi connectivity index (χ2n) is 6.78. The average Bonchev–Trinajstić information content (AvgIpc) is 3.18. The number of hydrogen-bond donors (Lipinski definition) is 1. The van der Waals surface area contributed by atoms with Crippen molar-refractivity contribution in [1.82, 2.24) is 9.80 Å². The van der Waals surface area contributed by atoms with Crippen LogP contribution in [0.1, 0.15) is 25.7 Å². The Morgan fingerprint density at radius 1 is 1.32 bits per heavy atom. The molecular weight excluding hydrogens is 238 g/mol. The molecule has 0 aromatic heterocycles. The van der Waals surface area contributed by atoms with Crippen LogP contribution in [0.2, 0.25) is 0 Å². The number of piperidine rings is 1. The molecular formula is C15H29N3O. The maximum absolute atomic E-state index is 6.19. The van der Waals surface area contributed by atoms with E-state index in [1.165, 1.54) is 45.3 Å². The fourth-order valence-electron chi connectivity index (χ4n) is 3.92. The summed E-state index contributed by atoms with van der Waals surface area (Å²) in [6.07, 6.45) is 5.30. The first kappa shape index (κ1) is 13.8. The summed E-state index contributed by atoms with van der Waals surface area (Å²) in [7, 11) is 2.25. The van der Waals surface area contributed by atoms with Crippen molar-refractivity contribution in [3.05, 3.63) is 0 Å². The molecule has 2 aliphatic heterocycles. The predicted octanol–water partition coefficient (Wildman–Crippen LogP) is 0.768. The Hall–Kier alpha value is -0.160. The molecule has 4 heteroatoms. The fraction of sp³-hybridized carbons (Fsp3) is 1.00. The highest BCUT2D eigenvalue weighted by Crippen LogP contribution is 2.38. The lowest BCUT2D eigenvalue weighted by atomic mass is 9.77. The Morgan fingerprint density at radius 3 is 2.89 bits per heavy atom. The Morgan fingerprint density at radius 2 is 2.16 bits per heavy atom. The lowest BCUT2D eigenvalue weighted by molar-refractivity contribution is 0.00403.